The molecule has 0 radical (unpaired) electrons. The molecule has 19 heavy (non-hydrogen) atoms. The zero-order valence-corrected chi connectivity index (χ0v) is 11.3. The Hall–Kier alpha value is -2.16. The van der Waals surface area contributed by atoms with Gasteiger partial charge in [-0.1, -0.05) is 18.2 Å². The van der Waals surface area contributed by atoms with E-state index in [0.29, 0.717) is 11.1 Å². The van der Waals surface area contributed by atoms with Gasteiger partial charge in [0, 0.05) is 18.3 Å². The van der Waals surface area contributed by atoms with Gasteiger partial charge in [-0.3, -0.25) is 4.79 Å². The minimum absolute atomic E-state index is 0.133. The van der Waals surface area contributed by atoms with Crippen LogP contribution < -0.4 is 4.90 Å². The van der Waals surface area contributed by atoms with E-state index >= 15 is 0 Å². The van der Waals surface area contributed by atoms with Crippen molar-refractivity contribution in [1.29, 1.82) is 0 Å². The molecule has 3 heteroatoms. The van der Waals surface area contributed by atoms with Crippen molar-refractivity contribution in [2.45, 2.75) is 13.8 Å². The molecule has 0 aromatic heterocycles. The molecule has 0 bridgehead atoms. The molecular formula is C16H16FNO. The van der Waals surface area contributed by atoms with Gasteiger partial charge in [0.15, 0.2) is 0 Å². The highest BCUT2D eigenvalue weighted by Gasteiger charge is 2.16. The summed E-state index contributed by atoms with van der Waals surface area (Å²) in [7, 11) is 1.73. The van der Waals surface area contributed by atoms with Gasteiger partial charge in [-0.2, -0.15) is 0 Å². The molecular weight excluding hydrogens is 241 g/mol. The van der Waals surface area contributed by atoms with Gasteiger partial charge in [-0.25, -0.2) is 4.39 Å². The summed E-state index contributed by atoms with van der Waals surface area (Å²) >= 11 is 0. The summed E-state index contributed by atoms with van der Waals surface area (Å²) in [6.45, 7) is 3.69. The van der Waals surface area contributed by atoms with E-state index in [1.54, 1.807) is 18.9 Å². The Balaban J connectivity index is 2.37. The van der Waals surface area contributed by atoms with E-state index in [1.165, 1.54) is 18.2 Å². The van der Waals surface area contributed by atoms with Crippen LogP contribution in [0.25, 0.3) is 0 Å². The lowest BCUT2D eigenvalue weighted by atomic mass is 10.1. The second-order valence-electron chi connectivity index (χ2n) is 4.61. The molecule has 0 N–H and O–H groups in total. The Morgan fingerprint density at radius 3 is 2.37 bits per heavy atom. The summed E-state index contributed by atoms with van der Waals surface area (Å²) in [5, 5.41) is 0. The van der Waals surface area contributed by atoms with Crippen LogP contribution in [0.1, 0.15) is 21.5 Å². The van der Waals surface area contributed by atoms with Gasteiger partial charge in [0.05, 0.1) is 0 Å². The third-order valence-corrected chi connectivity index (χ3v) is 3.20. The smallest absolute Gasteiger partial charge is 0.258 e. The first-order chi connectivity index (χ1) is 9.00. The predicted octanol–water partition coefficient (Wildman–Crippen LogP) is 3.72. The molecule has 0 saturated heterocycles. The quantitative estimate of drug-likeness (QED) is 0.803. The fourth-order valence-electron chi connectivity index (χ4n) is 2.10. The van der Waals surface area contributed by atoms with Gasteiger partial charge in [-0.05, 0) is 49.2 Å². The number of anilines is 1. The maximum Gasteiger partial charge on any atom is 0.258 e. The lowest BCUT2D eigenvalue weighted by Gasteiger charge is -2.20. The van der Waals surface area contributed by atoms with Crippen LogP contribution in [0.5, 0.6) is 0 Å². The van der Waals surface area contributed by atoms with Gasteiger partial charge < -0.3 is 4.90 Å². The van der Waals surface area contributed by atoms with Crippen LogP contribution in [0.4, 0.5) is 10.1 Å². The molecule has 2 nitrogen and oxygen atoms in total. The van der Waals surface area contributed by atoms with Gasteiger partial charge in [0.2, 0.25) is 0 Å². The van der Waals surface area contributed by atoms with Crippen molar-refractivity contribution in [2.24, 2.45) is 0 Å². The third-order valence-electron chi connectivity index (χ3n) is 3.20. The highest BCUT2D eigenvalue weighted by molar-refractivity contribution is 6.07. The molecule has 0 heterocycles. The molecule has 0 unspecified atom stereocenters. The van der Waals surface area contributed by atoms with Gasteiger partial charge in [-0.15, -0.1) is 0 Å². The maximum absolute atomic E-state index is 13.1. The second kappa shape index (κ2) is 5.22. The largest absolute Gasteiger partial charge is 0.311 e. The van der Waals surface area contributed by atoms with E-state index < -0.39 is 0 Å². The van der Waals surface area contributed by atoms with E-state index in [-0.39, 0.29) is 11.7 Å². The fourth-order valence-corrected chi connectivity index (χ4v) is 2.10. The Bertz CT molecular complexity index is 622. The highest BCUT2D eigenvalue weighted by Crippen LogP contribution is 2.21. The number of amides is 1. The van der Waals surface area contributed by atoms with Gasteiger partial charge in [0.1, 0.15) is 5.82 Å². The zero-order chi connectivity index (χ0) is 14.0. The van der Waals surface area contributed by atoms with Crippen LogP contribution in [0.3, 0.4) is 0 Å². The Morgan fingerprint density at radius 1 is 1.05 bits per heavy atom. The summed E-state index contributed by atoms with van der Waals surface area (Å²) in [6.07, 6.45) is 0. The molecule has 0 fully saturated rings. The molecule has 0 aliphatic carbocycles. The van der Waals surface area contributed by atoms with Crippen LogP contribution in [0, 0.1) is 19.7 Å². The number of carbonyl (C=O) groups excluding carboxylic acids is 1. The summed E-state index contributed by atoms with van der Waals surface area (Å²) < 4.78 is 13.1. The molecule has 2 aromatic carbocycles. The molecule has 98 valence electrons. The minimum atomic E-state index is -0.326. The number of benzene rings is 2. The van der Waals surface area contributed by atoms with E-state index in [1.807, 2.05) is 31.2 Å². The van der Waals surface area contributed by atoms with Crippen molar-refractivity contribution in [2.75, 3.05) is 11.9 Å². The number of rotatable bonds is 2. The van der Waals surface area contributed by atoms with Crippen molar-refractivity contribution in [3.05, 3.63) is 65.0 Å². The van der Waals surface area contributed by atoms with Gasteiger partial charge >= 0.3 is 0 Å². The zero-order valence-electron chi connectivity index (χ0n) is 11.3. The van der Waals surface area contributed by atoms with Crippen molar-refractivity contribution >= 4 is 11.6 Å². The number of carbonyl (C=O) groups is 1. The molecule has 1 amide bonds. The number of halogens is 1. The molecule has 2 rings (SSSR count). The Kier molecular flexibility index (Phi) is 3.65. The first kappa shape index (κ1) is 13.3. The van der Waals surface area contributed by atoms with E-state index in [4.69, 9.17) is 0 Å². The topological polar surface area (TPSA) is 20.3 Å². The van der Waals surface area contributed by atoms with Crippen molar-refractivity contribution < 1.29 is 9.18 Å². The number of nitrogens with zero attached hydrogens (tertiary/aromatic N) is 1. The second-order valence-corrected chi connectivity index (χ2v) is 4.61. The number of para-hydroxylation sites is 1. The van der Waals surface area contributed by atoms with Crippen LogP contribution in [0.2, 0.25) is 0 Å². The summed E-state index contributed by atoms with van der Waals surface area (Å²) in [5.74, 6) is -0.459. The molecule has 0 atom stereocenters. The van der Waals surface area contributed by atoms with Crippen LogP contribution >= 0.6 is 0 Å². The SMILES string of the molecule is Cc1cc(F)ccc1C(=O)N(C)c1ccccc1C. The average Bonchev–Trinajstić information content (AvgIpc) is 2.38. The minimum Gasteiger partial charge on any atom is -0.311 e. The lowest BCUT2D eigenvalue weighted by molar-refractivity contribution is 0.0992. The fraction of sp³-hybridized carbons (Fsp3) is 0.188. The number of aryl methyl sites for hydroxylation is 2. The van der Waals surface area contributed by atoms with E-state index in [0.717, 1.165) is 11.3 Å². The Morgan fingerprint density at radius 2 is 1.74 bits per heavy atom. The number of hydrogen-bond donors (Lipinski definition) is 0. The normalized spacial score (nSPS) is 10.3. The van der Waals surface area contributed by atoms with E-state index in [2.05, 4.69) is 0 Å². The van der Waals surface area contributed by atoms with Crippen LogP contribution in [-0.2, 0) is 0 Å². The molecule has 0 saturated carbocycles. The van der Waals surface area contributed by atoms with E-state index in [9.17, 15) is 9.18 Å². The van der Waals surface area contributed by atoms with Crippen molar-refractivity contribution in [3.8, 4) is 0 Å². The molecule has 0 aliphatic rings. The number of hydrogen-bond acceptors (Lipinski definition) is 1. The molecule has 2 aromatic rings. The lowest BCUT2D eigenvalue weighted by Crippen LogP contribution is -2.27. The highest BCUT2D eigenvalue weighted by atomic mass is 19.1. The average molecular weight is 257 g/mol. The summed E-state index contributed by atoms with van der Waals surface area (Å²) in [6, 6.07) is 11.9. The summed E-state index contributed by atoms with van der Waals surface area (Å²) in [4.78, 5) is 14.0. The van der Waals surface area contributed by atoms with Crippen LogP contribution in [0.15, 0.2) is 42.5 Å². The standard InChI is InChI=1S/C16H16FNO/c1-11-6-4-5-7-15(11)18(3)16(19)14-9-8-13(17)10-12(14)2/h4-10H,1-3H3. The monoisotopic (exact) mass is 257 g/mol. The Labute approximate surface area is 112 Å². The van der Waals surface area contributed by atoms with Crippen molar-refractivity contribution in [3.63, 3.8) is 0 Å². The first-order valence-electron chi connectivity index (χ1n) is 6.10. The van der Waals surface area contributed by atoms with Crippen molar-refractivity contribution in [1.82, 2.24) is 0 Å². The first-order valence-corrected chi connectivity index (χ1v) is 6.10. The molecule has 0 spiro atoms. The maximum atomic E-state index is 13.1. The predicted molar refractivity (Wildman–Crippen MR) is 75.0 cm³/mol. The third kappa shape index (κ3) is 2.65. The summed E-state index contributed by atoms with van der Waals surface area (Å²) in [5.41, 5.74) is 3.05. The van der Waals surface area contributed by atoms with Gasteiger partial charge in [0.25, 0.3) is 5.91 Å². The van der Waals surface area contributed by atoms with Crippen LogP contribution in [-0.4, -0.2) is 13.0 Å². The molecule has 0 aliphatic heterocycles.